The summed E-state index contributed by atoms with van der Waals surface area (Å²) in [6.07, 6.45) is 0. The van der Waals surface area contributed by atoms with E-state index in [1.807, 2.05) is 0 Å². The fourth-order valence-electron chi connectivity index (χ4n) is 0.116. The van der Waals surface area contributed by atoms with Crippen LogP contribution < -0.4 is 0 Å². The Morgan fingerprint density at radius 2 is 2.00 bits per heavy atom. The summed E-state index contributed by atoms with van der Waals surface area (Å²) in [5.74, 6) is 2.05. The molecule has 3 nitrogen and oxygen atoms in total. The van der Waals surface area contributed by atoms with Gasteiger partial charge in [0.05, 0.1) is 10.6 Å². The summed E-state index contributed by atoms with van der Waals surface area (Å²) in [4.78, 5) is 0. The van der Waals surface area contributed by atoms with Crippen LogP contribution in [0.4, 0.5) is 0 Å². The first-order chi connectivity index (χ1) is 3.56. The van der Waals surface area contributed by atoms with Crippen molar-refractivity contribution in [2.75, 3.05) is 5.33 Å². The van der Waals surface area contributed by atoms with Crippen molar-refractivity contribution in [1.29, 1.82) is 0 Å². The van der Waals surface area contributed by atoms with Gasteiger partial charge in [0.15, 0.2) is 0 Å². The molecule has 0 saturated carbocycles. The van der Waals surface area contributed by atoms with Crippen molar-refractivity contribution in [3.63, 3.8) is 0 Å². The Kier molecular flexibility index (Phi) is 3.05. The quantitative estimate of drug-likeness (QED) is 0.409. The monoisotopic (exact) mass is 197 g/mol. The van der Waals surface area contributed by atoms with Crippen molar-refractivity contribution in [2.45, 2.75) is 0 Å². The van der Waals surface area contributed by atoms with E-state index in [9.17, 15) is 13.0 Å². The molecule has 0 aliphatic heterocycles. The van der Waals surface area contributed by atoms with Crippen molar-refractivity contribution >= 4 is 26.0 Å². The van der Waals surface area contributed by atoms with Gasteiger partial charge in [-0.25, -0.2) is 0 Å². The second-order valence-electron chi connectivity index (χ2n) is 0.867. The summed E-state index contributed by atoms with van der Waals surface area (Å²) in [5.41, 5.74) is 0. The number of hydrogen-bond acceptors (Lipinski definition) is 2. The van der Waals surface area contributed by atoms with Gasteiger partial charge in [0.25, 0.3) is 0 Å². The van der Waals surface area contributed by atoms with E-state index in [4.69, 9.17) is 0 Å². The molecule has 0 atom stereocenters. The first-order valence-electron chi connectivity index (χ1n) is 1.57. The Morgan fingerprint density at radius 3 is 2.12 bits per heavy atom. The van der Waals surface area contributed by atoms with Gasteiger partial charge in [-0.3, -0.25) is 0 Å². The minimum absolute atomic E-state index is 0.203. The van der Waals surface area contributed by atoms with Gasteiger partial charge in [-0.2, -0.15) is 8.42 Å². The lowest BCUT2D eigenvalue weighted by atomic mass is 10.8. The smallest absolute Gasteiger partial charge is 0.183 e. The van der Waals surface area contributed by atoms with Gasteiger partial charge in [0, 0.05) is 0 Å². The molecule has 45 valence electrons. The van der Waals surface area contributed by atoms with E-state index in [0.29, 0.717) is 0 Å². The maximum Gasteiger partial charge on any atom is 0.365 e. The van der Waals surface area contributed by atoms with Gasteiger partial charge in [-0.1, -0.05) is 26.4 Å². The zero-order chi connectivity index (χ0) is 6.62. The average molecular weight is 198 g/mol. The van der Waals surface area contributed by atoms with Crippen LogP contribution in [0.3, 0.4) is 0 Å². The fraction of sp³-hybridized carbons (Fsp3) is 0.333. The third kappa shape index (κ3) is 5.95. The Labute approximate surface area is 56.0 Å². The number of hydrogen-bond donors (Lipinski definition) is 0. The Bertz CT molecular complexity index is 206. The molecule has 8 heavy (non-hydrogen) atoms. The second-order valence-corrected chi connectivity index (χ2v) is 2.54. The molecule has 0 heterocycles. The molecule has 0 aliphatic carbocycles. The molecule has 5 heteroatoms. The van der Waals surface area contributed by atoms with E-state index in [0.717, 1.165) is 0 Å². The second kappa shape index (κ2) is 3.07. The zero-order valence-corrected chi connectivity index (χ0v) is 6.12. The van der Waals surface area contributed by atoms with Crippen LogP contribution in [-0.2, 0) is 14.7 Å². The topological polar surface area (TPSA) is 54.0 Å². The van der Waals surface area contributed by atoms with Gasteiger partial charge in [-0.15, -0.1) is 0 Å². The van der Waals surface area contributed by atoms with E-state index in [1.54, 1.807) is 0 Å². The predicted molar refractivity (Wildman–Crippen MR) is 31.2 cm³/mol. The summed E-state index contributed by atoms with van der Waals surface area (Å²) in [5, 5.41) is 1.69. The van der Waals surface area contributed by atoms with Gasteiger partial charge in [-0.05, 0) is 0 Å². The van der Waals surface area contributed by atoms with E-state index in [-0.39, 0.29) is 5.33 Å². The third-order valence-electron chi connectivity index (χ3n) is 0.264. The van der Waals surface area contributed by atoms with E-state index in [2.05, 4.69) is 21.9 Å². The molecular formula is C3H2BrO3S. The van der Waals surface area contributed by atoms with Gasteiger partial charge >= 0.3 is 10.1 Å². The molecule has 0 rings (SSSR count). The number of halogens is 1. The molecule has 0 N–H and O–H groups in total. The zero-order valence-electron chi connectivity index (χ0n) is 3.72. The molecule has 0 fully saturated rings. The minimum atomic E-state index is -4.33. The first kappa shape index (κ1) is 7.95. The Balaban J connectivity index is 4.12. The maximum absolute atomic E-state index is 9.64. The molecule has 0 amide bonds. The fourth-order valence-corrected chi connectivity index (χ4v) is 0.690. The molecule has 0 spiro atoms. The van der Waals surface area contributed by atoms with E-state index >= 15 is 0 Å². The van der Waals surface area contributed by atoms with Crippen LogP contribution in [0, 0.1) is 11.2 Å². The Hall–Kier alpha value is -0.0500. The predicted octanol–water partition coefficient (Wildman–Crippen LogP) is 0.103. The van der Waals surface area contributed by atoms with Crippen LogP contribution in [0.5, 0.6) is 0 Å². The highest BCUT2D eigenvalue weighted by molar-refractivity contribution is 9.09. The molecule has 0 unspecified atom stereocenters. The molecule has 0 aliphatic rings. The van der Waals surface area contributed by atoms with E-state index in [1.165, 1.54) is 5.25 Å². The van der Waals surface area contributed by atoms with Gasteiger partial charge < -0.3 is 0 Å². The lowest BCUT2D eigenvalue weighted by Gasteiger charge is -1.69. The number of rotatable bonds is 0. The SMILES string of the molecule is [O]S(=O)(=O)C#CCBr. The molecule has 0 aromatic carbocycles. The summed E-state index contributed by atoms with van der Waals surface area (Å²) in [6, 6.07) is 0. The minimum Gasteiger partial charge on any atom is -0.183 e. The average Bonchev–Trinajstić information content (AvgIpc) is 1.59. The van der Waals surface area contributed by atoms with Gasteiger partial charge in [0.2, 0.25) is 0 Å². The third-order valence-corrected chi connectivity index (χ3v) is 0.939. The Morgan fingerprint density at radius 1 is 1.50 bits per heavy atom. The standard InChI is InChI=1S/C3H2BrO3S/c4-2-1-3-8(5,6)7/h2H2. The van der Waals surface area contributed by atoms with Crippen molar-refractivity contribution < 1.29 is 13.0 Å². The number of alkyl halides is 1. The van der Waals surface area contributed by atoms with Crippen LogP contribution in [0.2, 0.25) is 0 Å². The highest BCUT2D eigenvalue weighted by Crippen LogP contribution is 1.78. The van der Waals surface area contributed by atoms with Crippen LogP contribution in [0.25, 0.3) is 0 Å². The summed E-state index contributed by atoms with van der Waals surface area (Å²) in [6.45, 7) is 0. The van der Waals surface area contributed by atoms with Crippen LogP contribution >= 0.6 is 15.9 Å². The molecule has 0 saturated heterocycles. The molecular weight excluding hydrogens is 196 g/mol. The van der Waals surface area contributed by atoms with Crippen molar-refractivity contribution in [2.24, 2.45) is 0 Å². The highest BCUT2D eigenvalue weighted by Gasteiger charge is 1.95. The van der Waals surface area contributed by atoms with Crippen LogP contribution in [-0.4, -0.2) is 13.7 Å². The lowest BCUT2D eigenvalue weighted by Crippen LogP contribution is -1.87. The maximum atomic E-state index is 9.64. The summed E-state index contributed by atoms with van der Waals surface area (Å²) >= 11 is 2.83. The van der Waals surface area contributed by atoms with Crippen LogP contribution in [0.1, 0.15) is 0 Å². The van der Waals surface area contributed by atoms with E-state index < -0.39 is 10.1 Å². The summed E-state index contributed by atoms with van der Waals surface area (Å²) in [7, 11) is -4.33. The van der Waals surface area contributed by atoms with Crippen molar-refractivity contribution in [1.82, 2.24) is 0 Å². The molecule has 0 aromatic heterocycles. The molecule has 1 radical (unpaired) electrons. The molecule has 0 bridgehead atoms. The normalized spacial score (nSPS) is 9.75. The van der Waals surface area contributed by atoms with Gasteiger partial charge in [0.1, 0.15) is 0 Å². The van der Waals surface area contributed by atoms with Crippen LogP contribution in [0.15, 0.2) is 0 Å². The highest BCUT2D eigenvalue weighted by atomic mass is 79.9. The lowest BCUT2D eigenvalue weighted by molar-refractivity contribution is 0.426. The van der Waals surface area contributed by atoms with Crippen molar-refractivity contribution in [3.8, 4) is 11.2 Å². The summed E-state index contributed by atoms with van der Waals surface area (Å²) < 4.78 is 28.9. The first-order valence-corrected chi connectivity index (χ1v) is 4.10. The molecule has 0 aromatic rings. The van der Waals surface area contributed by atoms with Crippen molar-refractivity contribution in [3.05, 3.63) is 0 Å². The largest absolute Gasteiger partial charge is 0.365 e.